The van der Waals surface area contributed by atoms with E-state index >= 15 is 0 Å². The largest absolute Gasteiger partial charge is 0.350 e. The van der Waals surface area contributed by atoms with E-state index in [1.165, 1.54) is 4.90 Å². The number of hydrogen-bond donors (Lipinski definition) is 2. The highest BCUT2D eigenvalue weighted by atomic mass is 16.2. The number of imide groups is 1. The molecule has 0 radical (unpaired) electrons. The minimum Gasteiger partial charge on any atom is -0.350 e. The Hall–Kier alpha value is -3.15. The molecule has 4 rings (SSSR count). The van der Waals surface area contributed by atoms with E-state index in [2.05, 4.69) is 22.8 Å². The summed E-state index contributed by atoms with van der Waals surface area (Å²) in [6, 6.07) is 17.7. The normalized spacial score (nSPS) is 18.5. The van der Waals surface area contributed by atoms with Crippen LogP contribution in [0, 0.1) is 0 Å². The van der Waals surface area contributed by atoms with Gasteiger partial charge in [0.05, 0.1) is 6.04 Å². The van der Waals surface area contributed by atoms with Crippen LogP contribution in [0.2, 0.25) is 0 Å². The molecule has 2 aliphatic rings. The monoisotopic (exact) mass is 405 g/mol. The molecule has 1 aliphatic heterocycles. The fourth-order valence-electron chi connectivity index (χ4n) is 4.40. The Kier molecular flexibility index (Phi) is 5.57. The Balaban J connectivity index is 1.31. The predicted molar refractivity (Wildman–Crippen MR) is 114 cm³/mol. The minimum atomic E-state index is -0.721. The molecule has 1 aliphatic carbocycles. The van der Waals surface area contributed by atoms with E-state index in [4.69, 9.17) is 0 Å². The van der Waals surface area contributed by atoms with Crippen LogP contribution in [0.15, 0.2) is 54.6 Å². The van der Waals surface area contributed by atoms with E-state index in [1.54, 1.807) is 0 Å². The summed E-state index contributed by atoms with van der Waals surface area (Å²) in [5, 5.41) is 5.81. The number of nitrogens with one attached hydrogen (secondary N) is 2. The molecule has 6 heteroatoms. The molecule has 156 valence electrons. The summed E-state index contributed by atoms with van der Waals surface area (Å²) >= 11 is 0. The molecule has 2 aromatic carbocycles. The van der Waals surface area contributed by atoms with E-state index in [1.807, 2.05) is 49.4 Å². The number of urea groups is 1. The van der Waals surface area contributed by atoms with Gasteiger partial charge in [0.1, 0.15) is 5.54 Å². The second kappa shape index (κ2) is 8.30. The van der Waals surface area contributed by atoms with Crippen LogP contribution in [-0.2, 0) is 9.59 Å². The number of amides is 4. The van der Waals surface area contributed by atoms with Crippen molar-refractivity contribution in [3.05, 3.63) is 60.2 Å². The third kappa shape index (κ3) is 3.95. The summed E-state index contributed by atoms with van der Waals surface area (Å²) in [4.78, 5) is 38.5. The zero-order chi connectivity index (χ0) is 21.1. The van der Waals surface area contributed by atoms with Gasteiger partial charge in [-0.05, 0) is 36.5 Å². The summed E-state index contributed by atoms with van der Waals surface area (Å²) in [7, 11) is 0. The summed E-state index contributed by atoms with van der Waals surface area (Å²) in [5.41, 5.74) is 2.55. The molecule has 0 bridgehead atoms. The number of rotatable bonds is 6. The van der Waals surface area contributed by atoms with Gasteiger partial charge in [-0.1, -0.05) is 67.4 Å². The van der Waals surface area contributed by atoms with Crippen molar-refractivity contribution < 1.29 is 14.4 Å². The number of carbonyl (C=O) groups excluding carboxylic acids is 3. The average Bonchev–Trinajstić information content (AvgIpc) is 3.32. The molecule has 0 aromatic heterocycles. The van der Waals surface area contributed by atoms with Gasteiger partial charge in [0, 0.05) is 13.0 Å². The number of hydrogen-bond acceptors (Lipinski definition) is 3. The SMILES string of the molecule is CC(NC(=O)CCN1C(=O)NC2(CCCC2)C1=O)c1ccc(-c2ccccc2)cc1. The van der Waals surface area contributed by atoms with E-state index in [9.17, 15) is 14.4 Å². The van der Waals surface area contributed by atoms with Crippen LogP contribution in [0.1, 0.15) is 50.6 Å². The van der Waals surface area contributed by atoms with Crippen molar-refractivity contribution in [2.24, 2.45) is 0 Å². The lowest BCUT2D eigenvalue weighted by Gasteiger charge is -2.20. The Labute approximate surface area is 176 Å². The molecule has 1 saturated heterocycles. The van der Waals surface area contributed by atoms with Crippen molar-refractivity contribution in [3.63, 3.8) is 0 Å². The van der Waals surface area contributed by atoms with Crippen LogP contribution in [-0.4, -0.2) is 34.8 Å². The molecule has 6 nitrogen and oxygen atoms in total. The molecular formula is C24H27N3O3. The molecule has 1 heterocycles. The predicted octanol–water partition coefficient (Wildman–Crippen LogP) is 3.79. The van der Waals surface area contributed by atoms with Gasteiger partial charge in [-0.15, -0.1) is 0 Å². The lowest BCUT2D eigenvalue weighted by atomic mass is 9.98. The molecule has 1 unspecified atom stereocenters. The molecule has 2 aromatic rings. The molecular weight excluding hydrogens is 378 g/mol. The zero-order valence-electron chi connectivity index (χ0n) is 17.2. The molecule has 4 amide bonds. The second-order valence-corrected chi connectivity index (χ2v) is 8.20. The van der Waals surface area contributed by atoms with Crippen LogP contribution in [0.25, 0.3) is 11.1 Å². The van der Waals surface area contributed by atoms with Gasteiger partial charge in [0.2, 0.25) is 5.91 Å². The first-order valence-corrected chi connectivity index (χ1v) is 10.6. The van der Waals surface area contributed by atoms with Crippen molar-refractivity contribution in [1.29, 1.82) is 0 Å². The Bertz CT molecular complexity index is 934. The maximum atomic E-state index is 12.7. The lowest BCUT2D eigenvalue weighted by Crippen LogP contribution is -2.44. The van der Waals surface area contributed by atoms with Gasteiger partial charge in [-0.3, -0.25) is 14.5 Å². The molecule has 2 fully saturated rings. The number of nitrogens with zero attached hydrogens (tertiary/aromatic N) is 1. The molecule has 30 heavy (non-hydrogen) atoms. The first-order valence-electron chi connectivity index (χ1n) is 10.6. The topological polar surface area (TPSA) is 78.5 Å². The average molecular weight is 405 g/mol. The Morgan fingerprint density at radius 2 is 1.67 bits per heavy atom. The molecule has 1 spiro atoms. The van der Waals surface area contributed by atoms with E-state index in [0.29, 0.717) is 12.8 Å². The number of carbonyl (C=O) groups is 3. The van der Waals surface area contributed by atoms with Crippen LogP contribution in [0.3, 0.4) is 0 Å². The van der Waals surface area contributed by atoms with Gasteiger partial charge in [0.15, 0.2) is 0 Å². The van der Waals surface area contributed by atoms with Crippen molar-refractivity contribution in [2.45, 2.75) is 50.6 Å². The fraction of sp³-hybridized carbons (Fsp3) is 0.375. The van der Waals surface area contributed by atoms with Gasteiger partial charge < -0.3 is 10.6 Å². The van der Waals surface area contributed by atoms with Crippen molar-refractivity contribution in [2.75, 3.05) is 6.54 Å². The van der Waals surface area contributed by atoms with Gasteiger partial charge in [-0.25, -0.2) is 4.79 Å². The third-order valence-corrected chi connectivity index (χ3v) is 6.16. The highest BCUT2D eigenvalue weighted by Gasteiger charge is 2.52. The van der Waals surface area contributed by atoms with Crippen molar-refractivity contribution in [1.82, 2.24) is 15.5 Å². The molecule has 2 N–H and O–H groups in total. The van der Waals surface area contributed by atoms with Crippen molar-refractivity contribution >= 4 is 17.8 Å². The van der Waals surface area contributed by atoms with Gasteiger partial charge in [0.25, 0.3) is 5.91 Å². The van der Waals surface area contributed by atoms with E-state index < -0.39 is 5.54 Å². The fourth-order valence-corrected chi connectivity index (χ4v) is 4.40. The maximum Gasteiger partial charge on any atom is 0.325 e. The van der Waals surface area contributed by atoms with Gasteiger partial charge >= 0.3 is 6.03 Å². The van der Waals surface area contributed by atoms with Crippen LogP contribution >= 0.6 is 0 Å². The smallest absolute Gasteiger partial charge is 0.325 e. The highest BCUT2D eigenvalue weighted by molar-refractivity contribution is 6.07. The number of benzene rings is 2. The van der Waals surface area contributed by atoms with E-state index in [0.717, 1.165) is 29.5 Å². The molecule has 1 atom stereocenters. The highest BCUT2D eigenvalue weighted by Crippen LogP contribution is 2.35. The lowest BCUT2D eigenvalue weighted by molar-refractivity contribution is -0.131. The summed E-state index contributed by atoms with van der Waals surface area (Å²) < 4.78 is 0. The first-order chi connectivity index (χ1) is 14.5. The third-order valence-electron chi connectivity index (χ3n) is 6.16. The Morgan fingerprint density at radius 3 is 2.33 bits per heavy atom. The standard InChI is InChI=1S/C24H27N3O3/c1-17(18-9-11-20(12-10-18)19-7-3-2-4-8-19)25-21(28)13-16-27-22(29)24(26-23(27)30)14-5-6-15-24/h2-4,7-12,17H,5-6,13-16H2,1H3,(H,25,28)(H,26,30). The van der Waals surface area contributed by atoms with Crippen LogP contribution in [0.5, 0.6) is 0 Å². The second-order valence-electron chi connectivity index (χ2n) is 8.20. The van der Waals surface area contributed by atoms with Gasteiger partial charge in [-0.2, -0.15) is 0 Å². The maximum absolute atomic E-state index is 12.7. The van der Waals surface area contributed by atoms with Crippen LogP contribution < -0.4 is 10.6 Å². The van der Waals surface area contributed by atoms with Crippen LogP contribution in [0.4, 0.5) is 4.79 Å². The molecule has 1 saturated carbocycles. The minimum absolute atomic E-state index is 0.0989. The summed E-state index contributed by atoms with van der Waals surface area (Å²) in [6.45, 7) is 2.04. The zero-order valence-corrected chi connectivity index (χ0v) is 17.2. The first kappa shape index (κ1) is 20.1. The van der Waals surface area contributed by atoms with Crippen molar-refractivity contribution in [3.8, 4) is 11.1 Å². The Morgan fingerprint density at radius 1 is 1.03 bits per heavy atom. The van der Waals surface area contributed by atoms with E-state index in [-0.39, 0.29) is 36.9 Å². The summed E-state index contributed by atoms with van der Waals surface area (Å²) in [6.07, 6.45) is 3.37. The summed E-state index contributed by atoms with van der Waals surface area (Å²) in [5.74, 6) is -0.357. The quantitative estimate of drug-likeness (QED) is 0.718.